The van der Waals surface area contributed by atoms with Gasteiger partial charge in [-0.1, -0.05) is 54.2 Å². The van der Waals surface area contributed by atoms with Crippen LogP contribution in [0.25, 0.3) is 21.1 Å². The molecule has 4 aromatic rings. The number of hydrogen-bond acceptors (Lipinski definition) is 7. The Labute approximate surface area is 201 Å². The van der Waals surface area contributed by atoms with Crippen molar-refractivity contribution in [2.24, 2.45) is 0 Å². The van der Waals surface area contributed by atoms with E-state index >= 15 is 0 Å². The first-order chi connectivity index (χ1) is 16.1. The summed E-state index contributed by atoms with van der Waals surface area (Å²) in [4.78, 5) is 17.9. The lowest BCUT2D eigenvalue weighted by atomic mass is 10.1. The van der Waals surface area contributed by atoms with Crippen molar-refractivity contribution in [1.82, 2.24) is 20.5 Å². The monoisotopic (exact) mass is 476 g/mol. The van der Waals surface area contributed by atoms with E-state index in [-0.39, 0.29) is 5.91 Å². The Balaban J connectivity index is 1.27. The number of benzene rings is 2. The van der Waals surface area contributed by atoms with Crippen LogP contribution >= 0.6 is 23.1 Å². The van der Waals surface area contributed by atoms with Crippen LogP contribution in [-0.4, -0.2) is 40.5 Å². The third kappa shape index (κ3) is 6.18. The van der Waals surface area contributed by atoms with Crippen LogP contribution in [0.4, 0.5) is 0 Å². The minimum atomic E-state index is -0.0230. The number of hydrogen-bond donors (Lipinski definition) is 1. The molecule has 0 radical (unpaired) electrons. The maximum atomic E-state index is 12.2. The van der Waals surface area contributed by atoms with E-state index in [0.29, 0.717) is 12.3 Å². The highest BCUT2D eigenvalue weighted by atomic mass is 32.2. The first kappa shape index (κ1) is 22.9. The van der Waals surface area contributed by atoms with Crippen molar-refractivity contribution in [1.29, 1.82) is 0 Å². The number of thiazole rings is 1. The summed E-state index contributed by atoms with van der Waals surface area (Å²) >= 11 is 2.98. The van der Waals surface area contributed by atoms with Crippen LogP contribution in [0.15, 0.2) is 71.8 Å². The van der Waals surface area contributed by atoms with Crippen molar-refractivity contribution >= 4 is 29.0 Å². The van der Waals surface area contributed by atoms with Crippen LogP contribution in [0.3, 0.4) is 0 Å². The highest BCUT2D eigenvalue weighted by molar-refractivity contribution is 7.99. The molecule has 1 amide bonds. The van der Waals surface area contributed by atoms with E-state index in [1.807, 2.05) is 61.5 Å². The summed E-state index contributed by atoms with van der Waals surface area (Å²) in [6, 6.07) is 21.8. The molecule has 2 heterocycles. The van der Waals surface area contributed by atoms with Gasteiger partial charge in [-0.25, -0.2) is 4.98 Å². The Morgan fingerprint density at radius 3 is 2.52 bits per heavy atom. The van der Waals surface area contributed by atoms with Gasteiger partial charge in [0.1, 0.15) is 21.5 Å². The molecule has 2 aromatic carbocycles. The van der Waals surface area contributed by atoms with Crippen LogP contribution in [0.2, 0.25) is 0 Å². The van der Waals surface area contributed by atoms with Gasteiger partial charge < -0.3 is 10.1 Å². The number of carbonyl (C=O) groups is 1. The number of thioether (sulfide) groups is 1. The zero-order valence-corrected chi connectivity index (χ0v) is 20.1. The molecular weight excluding hydrogens is 452 g/mol. The molecule has 0 aliphatic rings. The molecular formula is C25H24N4O2S2. The maximum absolute atomic E-state index is 12.2. The molecule has 33 heavy (non-hydrogen) atoms. The van der Waals surface area contributed by atoms with Gasteiger partial charge in [0.25, 0.3) is 0 Å². The fourth-order valence-corrected chi connectivity index (χ4v) is 4.87. The standard InChI is InChI=1S/C25H24N4O2S2/c1-17-24(33-25(27-17)19-6-4-3-5-7-19)21-12-13-23(29-28-21)32-16-22(30)26-15-14-18-8-10-20(31-2)11-9-18/h3-13H,14-16H2,1-2H3,(H,26,30). The normalized spacial score (nSPS) is 10.7. The van der Waals surface area contributed by atoms with E-state index < -0.39 is 0 Å². The molecule has 0 spiro atoms. The predicted octanol–water partition coefficient (Wildman–Crippen LogP) is 5.04. The average molecular weight is 477 g/mol. The quantitative estimate of drug-likeness (QED) is 0.341. The van der Waals surface area contributed by atoms with Gasteiger partial charge in [-0.05, 0) is 43.2 Å². The predicted molar refractivity (Wildman–Crippen MR) is 134 cm³/mol. The van der Waals surface area contributed by atoms with Gasteiger partial charge in [0.15, 0.2) is 0 Å². The number of nitrogens with one attached hydrogen (secondary N) is 1. The Hall–Kier alpha value is -3.23. The van der Waals surface area contributed by atoms with Crippen LogP contribution < -0.4 is 10.1 Å². The number of ether oxygens (including phenoxy) is 1. The molecule has 0 aliphatic carbocycles. The Morgan fingerprint density at radius 2 is 1.82 bits per heavy atom. The van der Waals surface area contributed by atoms with Crippen LogP contribution in [0, 0.1) is 6.92 Å². The van der Waals surface area contributed by atoms with E-state index in [1.165, 1.54) is 11.8 Å². The number of aryl methyl sites for hydroxylation is 1. The summed E-state index contributed by atoms with van der Waals surface area (Å²) in [5.41, 5.74) is 3.97. The van der Waals surface area contributed by atoms with Gasteiger partial charge in [0, 0.05) is 12.1 Å². The molecule has 8 heteroatoms. The third-order valence-corrected chi connectivity index (χ3v) is 7.09. The highest BCUT2D eigenvalue weighted by Crippen LogP contribution is 2.34. The van der Waals surface area contributed by atoms with Crippen LogP contribution in [0.5, 0.6) is 5.75 Å². The molecule has 2 aromatic heterocycles. The summed E-state index contributed by atoms with van der Waals surface area (Å²) in [5.74, 6) is 1.10. The number of rotatable bonds is 9. The average Bonchev–Trinajstić information content (AvgIpc) is 3.25. The molecule has 168 valence electrons. The molecule has 1 N–H and O–H groups in total. The molecule has 0 saturated heterocycles. The number of nitrogens with zero attached hydrogens (tertiary/aromatic N) is 3. The first-order valence-electron chi connectivity index (χ1n) is 10.5. The second kappa shape index (κ2) is 11.1. The van der Waals surface area contributed by atoms with Gasteiger partial charge in [-0.3, -0.25) is 4.79 Å². The fourth-order valence-electron chi connectivity index (χ4n) is 3.19. The molecule has 0 atom stereocenters. The van der Waals surface area contributed by atoms with E-state index in [9.17, 15) is 4.79 Å². The van der Waals surface area contributed by atoms with Crippen molar-refractivity contribution in [3.05, 3.63) is 78.0 Å². The highest BCUT2D eigenvalue weighted by Gasteiger charge is 2.13. The second-order valence-electron chi connectivity index (χ2n) is 7.29. The lowest BCUT2D eigenvalue weighted by Gasteiger charge is -2.06. The van der Waals surface area contributed by atoms with E-state index in [4.69, 9.17) is 4.74 Å². The lowest BCUT2D eigenvalue weighted by Crippen LogP contribution is -2.27. The molecule has 0 bridgehead atoms. The Morgan fingerprint density at radius 1 is 1.03 bits per heavy atom. The molecule has 0 aliphatic heterocycles. The van der Waals surface area contributed by atoms with Crippen molar-refractivity contribution in [2.45, 2.75) is 18.4 Å². The molecule has 0 saturated carbocycles. The van der Waals surface area contributed by atoms with Gasteiger partial charge in [-0.2, -0.15) is 0 Å². The van der Waals surface area contributed by atoms with Crippen molar-refractivity contribution in [2.75, 3.05) is 19.4 Å². The second-order valence-corrected chi connectivity index (χ2v) is 9.29. The summed E-state index contributed by atoms with van der Waals surface area (Å²) in [6.45, 7) is 2.57. The summed E-state index contributed by atoms with van der Waals surface area (Å²) in [7, 11) is 1.65. The van der Waals surface area contributed by atoms with Gasteiger partial charge in [0.2, 0.25) is 5.91 Å². The first-order valence-corrected chi connectivity index (χ1v) is 12.3. The smallest absolute Gasteiger partial charge is 0.230 e. The summed E-state index contributed by atoms with van der Waals surface area (Å²) in [5, 5.41) is 13.3. The molecule has 0 unspecified atom stereocenters. The number of aromatic nitrogens is 3. The molecule has 4 rings (SSSR count). The van der Waals surface area contributed by atoms with Crippen LogP contribution in [0.1, 0.15) is 11.3 Å². The zero-order chi connectivity index (χ0) is 23.0. The van der Waals surface area contributed by atoms with Gasteiger partial charge >= 0.3 is 0 Å². The topological polar surface area (TPSA) is 77.0 Å². The third-order valence-electron chi connectivity index (χ3n) is 4.94. The van der Waals surface area contributed by atoms with Gasteiger partial charge in [-0.15, -0.1) is 21.5 Å². The summed E-state index contributed by atoms with van der Waals surface area (Å²) in [6.07, 6.45) is 0.772. The number of amides is 1. The largest absolute Gasteiger partial charge is 0.497 e. The number of carbonyl (C=O) groups excluding carboxylic acids is 1. The van der Waals surface area contributed by atoms with E-state index in [2.05, 4.69) is 32.6 Å². The Bertz CT molecular complexity index is 1190. The van der Waals surface area contributed by atoms with Crippen molar-refractivity contribution in [3.63, 3.8) is 0 Å². The minimum absolute atomic E-state index is 0.0230. The van der Waals surface area contributed by atoms with E-state index in [1.54, 1.807) is 18.4 Å². The summed E-state index contributed by atoms with van der Waals surface area (Å²) < 4.78 is 5.16. The van der Waals surface area contributed by atoms with Crippen molar-refractivity contribution in [3.8, 4) is 26.9 Å². The zero-order valence-electron chi connectivity index (χ0n) is 18.4. The SMILES string of the molecule is COc1ccc(CCNC(=O)CSc2ccc(-c3sc(-c4ccccc4)nc3C)nn2)cc1. The molecule has 6 nitrogen and oxygen atoms in total. The number of methoxy groups -OCH3 is 1. The minimum Gasteiger partial charge on any atom is -0.497 e. The van der Waals surface area contributed by atoms with E-state index in [0.717, 1.165) is 49.6 Å². The van der Waals surface area contributed by atoms with Gasteiger partial charge in [0.05, 0.1) is 23.4 Å². The maximum Gasteiger partial charge on any atom is 0.230 e. The molecule has 0 fully saturated rings. The lowest BCUT2D eigenvalue weighted by molar-refractivity contribution is -0.118. The Kier molecular flexibility index (Phi) is 7.70. The van der Waals surface area contributed by atoms with Crippen molar-refractivity contribution < 1.29 is 9.53 Å². The fraction of sp³-hybridized carbons (Fsp3) is 0.200. The van der Waals surface area contributed by atoms with Crippen LogP contribution in [-0.2, 0) is 11.2 Å².